The standard InChI is InChI=1S/C39H41N11O3/c1-22(30-8-5-15-47(30)2)50-37-28(19-42-50)36(49-20-24-11-16-48(25-12-17-52-21-25)38(51)32(24)45-49)43-35(44-37)33-26-7-4-14-39(34(26)53-46-33)13-3-6-23-9-10-29(41)27(18-40)31(23)39/h9-11,16,19-20,22,25,30H,3-8,12-15,17,21,41H2,1-2H3. The predicted molar refractivity (Wildman–Crippen MR) is 197 cm³/mol. The number of fused-ring (bicyclic) bond motifs is 6. The fourth-order valence-corrected chi connectivity index (χ4v) is 9.85. The summed E-state index contributed by atoms with van der Waals surface area (Å²) in [4.78, 5) is 26.5. The monoisotopic (exact) mass is 711 g/mol. The molecule has 1 aromatic carbocycles. The molecule has 2 aliphatic carbocycles. The number of nitrogen functional groups attached to an aromatic ring is 1. The highest BCUT2D eigenvalue weighted by atomic mass is 16.5. The summed E-state index contributed by atoms with van der Waals surface area (Å²) in [6.45, 7) is 4.38. The Hall–Kier alpha value is -5.39. The molecular formula is C39H41N11O3. The fourth-order valence-electron chi connectivity index (χ4n) is 9.85. The Bertz CT molecular complexity index is 2530. The lowest BCUT2D eigenvalue weighted by Crippen LogP contribution is -2.36. The van der Waals surface area contributed by atoms with Gasteiger partial charge >= 0.3 is 0 Å². The van der Waals surface area contributed by atoms with Crippen LogP contribution in [-0.4, -0.2) is 77.0 Å². The Morgan fingerprint density at radius 2 is 1.98 bits per heavy atom. The number of nitrogens with two attached hydrogens (primary N) is 1. The van der Waals surface area contributed by atoms with E-state index in [9.17, 15) is 10.1 Å². The zero-order valence-corrected chi connectivity index (χ0v) is 30.0. The molecule has 4 aliphatic rings. The van der Waals surface area contributed by atoms with Gasteiger partial charge in [0.2, 0.25) is 0 Å². The number of anilines is 1. The molecule has 2 saturated heterocycles. The van der Waals surface area contributed by atoms with Gasteiger partial charge in [0.05, 0.1) is 41.3 Å². The molecule has 10 rings (SSSR count). The summed E-state index contributed by atoms with van der Waals surface area (Å²) in [5, 5.41) is 26.2. The highest BCUT2D eigenvalue weighted by Crippen LogP contribution is 2.53. The lowest BCUT2D eigenvalue weighted by molar-refractivity contribution is 0.186. The number of pyridine rings is 1. The molecule has 270 valence electrons. The average Bonchev–Trinajstić information content (AvgIpc) is 4.02. The number of hydrogen-bond acceptors (Lipinski definition) is 11. The van der Waals surface area contributed by atoms with Crippen LogP contribution in [0.1, 0.15) is 92.0 Å². The first-order chi connectivity index (χ1) is 25.9. The number of nitrogens with zero attached hydrogens (tertiary/aromatic N) is 10. The second kappa shape index (κ2) is 12.1. The van der Waals surface area contributed by atoms with Gasteiger partial charge in [0, 0.05) is 41.7 Å². The van der Waals surface area contributed by atoms with Crippen molar-refractivity contribution in [1.82, 2.24) is 44.2 Å². The minimum absolute atomic E-state index is 0.0127. The van der Waals surface area contributed by atoms with Gasteiger partial charge in [-0.2, -0.15) is 15.5 Å². The van der Waals surface area contributed by atoms with Crippen LogP contribution >= 0.6 is 0 Å². The Morgan fingerprint density at radius 3 is 2.77 bits per heavy atom. The number of rotatable bonds is 5. The molecule has 4 atom stereocenters. The third kappa shape index (κ3) is 4.76. The molecule has 5 aromatic heterocycles. The van der Waals surface area contributed by atoms with Gasteiger partial charge in [0.1, 0.15) is 6.07 Å². The minimum atomic E-state index is -0.507. The predicted octanol–water partition coefficient (Wildman–Crippen LogP) is 5.01. The molecule has 0 radical (unpaired) electrons. The summed E-state index contributed by atoms with van der Waals surface area (Å²) in [7, 11) is 2.16. The van der Waals surface area contributed by atoms with Crippen molar-refractivity contribution in [2.45, 2.75) is 88.3 Å². The number of nitriles is 1. The van der Waals surface area contributed by atoms with Crippen LogP contribution in [0.5, 0.6) is 0 Å². The van der Waals surface area contributed by atoms with Gasteiger partial charge in [-0.1, -0.05) is 11.2 Å². The van der Waals surface area contributed by atoms with E-state index >= 15 is 0 Å². The van der Waals surface area contributed by atoms with Crippen LogP contribution in [0.2, 0.25) is 0 Å². The number of likely N-dealkylation sites (tertiary alicyclic amines) is 1. The second-order valence-corrected chi connectivity index (χ2v) is 15.4. The zero-order valence-electron chi connectivity index (χ0n) is 30.0. The smallest absolute Gasteiger partial charge is 0.279 e. The second-order valence-electron chi connectivity index (χ2n) is 15.4. The third-order valence-corrected chi connectivity index (χ3v) is 12.5. The molecule has 6 aromatic rings. The molecule has 0 bridgehead atoms. The summed E-state index contributed by atoms with van der Waals surface area (Å²) >= 11 is 0. The normalized spacial score (nSPS) is 23.5. The van der Waals surface area contributed by atoms with Gasteiger partial charge in [-0.25, -0.2) is 19.3 Å². The molecule has 4 unspecified atom stereocenters. The van der Waals surface area contributed by atoms with Crippen molar-refractivity contribution in [1.29, 1.82) is 5.26 Å². The van der Waals surface area contributed by atoms with E-state index in [1.165, 1.54) is 0 Å². The molecule has 2 N–H and O–H groups in total. The Labute approximate surface area is 305 Å². The maximum absolute atomic E-state index is 13.7. The molecule has 53 heavy (non-hydrogen) atoms. The van der Waals surface area contributed by atoms with E-state index in [0.29, 0.717) is 59.0 Å². The maximum Gasteiger partial charge on any atom is 0.279 e. The maximum atomic E-state index is 13.7. The number of ether oxygens (including phenoxy) is 1. The molecule has 0 amide bonds. The molecule has 14 heteroatoms. The van der Waals surface area contributed by atoms with Crippen molar-refractivity contribution >= 4 is 27.6 Å². The zero-order chi connectivity index (χ0) is 36.0. The average molecular weight is 712 g/mol. The van der Waals surface area contributed by atoms with Crippen LogP contribution in [0.3, 0.4) is 0 Å². The Kier molecular flexibility index (Phi) is 7.35. The van der Waals surface area contributed by atoms with E-state index in [2.05, 4.69) is 31.0 Å². The van der Waals surface area contributed by atoms with Crippen molar-refractivity contribution in [3.05, 3.63) is 75.2 Å². The van der Waals surface area contributed by atoms with E-state index < -0.39 is 5.41 Å². The van der Waals surface area contributed by atoms with Gasteiger partial charge in [-0.05, 0) is 102 Å². The molecule has 14 nitrogen and oxygen atoms in total. The van der Waals surface area contributed by atoms with Crippen molar-refractivity contribution in [3.63, 3.8) is 0 Å². The SMILES string of the molecule is CC(C1CCCN1C)n1ncc2c(-n3cc4ccn(C5CCOC5)c(=O)c4n3)nc(-c3noc4c3CCCC43CCCc4ccc(N)c(C#N)c43)nc21. The van der Waals surface area contributed by atoms with E-state index in [0.717, 1.165) is 97.6 Å². The van der Waals surface area contributed by atoms with Gasteiger partial charge < -0.3 is 24.5 Å². The van der Waals surface area contributed by atoms with E-state index in [1.807, 2.05) is 29.2 Å². The Morgan fingerprint density at radius 1 is 1.11 bits per heavy atom. The molecule has 0 saturated carbocycles. The molecule has 2 fully saturated rings. The molecule has 7 heterocycles. The lowest BCUT2D eigenvalue weighted by Gasteiger charge is -2.41. The van der Waals surface area contributed by atoms with Crippen LogP contribution in [-0.2, 0) is 23.0 Å². The van der Waals surface area contributed by atoms with Crippen molar-refractivity contribution < 1.29 is 9.26 Å². The van der Waals surface area contributed by atoms with Crippen LogP contribution in [0.25, 0.3) is 39.3 Å². The van der Waals surface area contributed by atoms with Crippen LogP contribution < -0.4 is 11.3 Å². The first-order valence-corrected chi connectivity index (χ1v) is 18.8. The summed E-state index contributed by atoms with van der Waals surface area (Å²) in [5.74, 6) is 1.70. The third-order valence-electron chi connectivity index (χ3n) is 12.5. The van der Waals surface area contributed by atoms with Gasteiger partial charge in [-0.3, -0.25) is 4.79 Å². The van der Waals surface area contributed by atoms with E-state index in [-0.39, 0.29) is 17.6 Å². The fraction of sp³-hybridized carbons (Fsp3) is 0.462. The number of benzene rings is 1. The number of likely N-dealkylation sites (N-methyl/N-ethyl adjacent to an activating group) is 1. The quantitative estimate of drug-likeness (QED) is 0.238. The molecular weight excluding hydrogens is 671 g/mol. The van der Waals surface area contributed by atoms with Crippen molar-refractivity contribution in [2.75, 3.05) is 32.5 Å². The summed E-state index contributed by atoms with van der Waals surface area (Å²) in [6, 6.07) is 8.59. The van der Waals surface area contributed by atoms with Gasteiger partial charge in [0.15, 0.2) is 34.3 Å². The highest BCUT2D eigenvalue weighted by molar-refractivity contribution is 5.86. The van der Waals surface area contributed by atoms with Crippen LogP contribution in [0.15, 0.2) is 46.1 Å². The minimum Gasteiger partial charge on any atom is -0.398 e. The lowest BCUT2D eigenvalue weighted by atomic mass is 9.61. The molecule has 1 spiro atoms. The number of hydrogen-bond donors (Lipinski definition) is 1. The first kappa shape index (κ1) is 32.3. The van der Waals surface area contributed by atoms with Crippen LogP contribution in [0, 0.1) is 11.3 Å². The van der Waals surface area contributed by atoms with Crippen molar-refractivity contribution in [3.8, 4) is 23.4 Å². The van der Waals surface area contributed by atoms with Gasteiger partial charge in [-0.15, -0.1) is 0 Å². The topological polar surface area (TPSA) is 172 Å². The van der Waals surface area contributed by atoms with Crippen LogP contribution in [0.4, 0.5) is 5.69 Å². The largest absolute Gasteiger partial charge is 0.398 e. The highest BCUT2D eigenvalue weighted by Gasteiger charge is 2.48. The first-order valence-electron chi connectivity index (χ1n) is 18.8. The summed E-state index contributed by atoms with van der Waals surface area (Å²) in [6.07, 6.45) is 13.7. The number of aromatic nitrogens is 8. The number of aryl methyl sites for hydroxylation is 1. The summed E-state index contributed by atoms with van der Waals surface area (Å²) in [5.41, 5.74) is 11.5. The van der Waals surface area contributed by atoms with Crippen molar-refractivity contribution in [2.24, 2.45) is 0 Å². The molecule has 2 aliphatic heterocycles. The van der Waals surface area contributed by atoms with E-state index in [4.69, 9.17) is 40.3 Å². The Balaban J connectivity index is 1.16. The van der Waals surface area contributed by atoms with Gasteiger partial charge in [0.25, 0.3) is 5.56 Å². The van der Waals surface area contributed by atoms with E-state index in [1.54, 1.807) is 15.4 Å². The summed E-state index contributed by atoms with van der Waals surface area (Å²) < 4.78 is 17.4.